The fourth-order valence-electron chi connectivity index (χ4n) is 6.98. The lowest BCUT2D eigenvalue weighted by Gasteiger charge is -2.38. The third-order valence-corrected chi connectivity index (χ3v) is 8.98. The van der Waals surface area contributed by atoms with Crippen LogP contribution in [-0.4, -0.2) is 82.7 Å². The summed E-state index contributed by atoms with van der Waals surface area (Å²) in [6, 6.07) is 14.8. The second kappa shape index (κ2) is 11.1. The average molecular weight is 576 g/mol. The molecule has 4 heterocycles. The van der Waals surface area contributed by atoms with Crippen molar-refractivity contribution in [3.05, 3.63) is 89.5 Å². The van der Waals surface area contributed by atoms with Crippen LogP contribution in [0.15, 0.2) is 78.9 Å². The van der Waals surface area contributed by atoms with E-state index < -0.39 is 35.6 Å². The van der Waals surface area contributed by atoms with Gasteiger partial charge in [0.2, 0.25) is 11.8 Å². The van der Waals surface area contributed by atoms with E-state index in [1.165, 1.54) is 4.90 Å². The van der Waals surface area contributed by atoms with E-state index in [1.807, 2.05) is 61.6 Å². The predicted octanol–water partition coefficient (Wildman–Crippen LogP) is 3.24. The molecule has 2 saturated heterocycles. The Morgan fingerprint density at radius 2 is 1.76 bits per heavy atom. The first-order chi connectivity index (χ1) is 19.9. The summed E-state index contributed by atoms with van der Waals surface area (Å²) >= 11 is 6.13. The van der Waals surface area contributed by atoms with Gasteiger partial charge in [0, 0.05) is 30.3 Å². The Morgan fingerprint density at radius 1 is 1.00 bits per heavy atom. The zero-order valence-corrected chi connectivity index (χ0v) is 23.7. The number of fused-ring (bicyclic) bond motifs is 2. The first kappa shape index (κ1) is 27.7. The number of amides is 3. The minimum atomic E-state index is -1.36. The molecule has 0 aliphatic carbocycles. The molecule has 0 aromatic heterocycles. The molecule has 2 fully saturated rings. The van der Waals surface area contributed by atoms with Crippen LogP contribution in [0.4, 0.5) is 5.69 Å². The Morgan fingerprint density at radius 3 is 2.46 bits per heavy atom. The second-order valence-electron chi connectivity index (χ2n) is 11.2. The molecule has 214 valence electrons. The quantitative estimate of drug-likeness (QED) is 0.512. The summed E-state index contributed by atoms with van der Waals surface area (Å²) in [4.78, 5) is 48.0. The van der Waals surface area contributed by atoms with Gasteiger partial charge in [0.05, 0.1) is 30.6 Å². The van der Waals surface area contributed by atoms with Gasteiger partial charge in [0.25, 0.3) is 5.91 Å². The maximum absolute atomic E-state index is 14.6. The Hall–Kier alpha value is -3.46. The molecule has 2 aromatic rings. The average Bonchev–Trinajstić information content (AvgIpc) is 3.30. The van der Waals surface area contributed by atoms with Crippen LogP contribution in [0, 0.1) is 11.8 Å². The van der Waals surface area contributed by atoms with Crippen molar-refractivity contribution < 1.29 is 24.2 Å². The summed E-state index contributed by atoms with van der Waals surface area (Å²) in [6.07, 6.45) is 7.97. The van der Waals surface area contributed by atoms with Crippen LogP contribution in [0.1, 0.15) is 18.9 Å². The van der Waals surface area contributed by atoms with Gasteiger partial charge in [-0.2, -0.15) is 0 Å². The van der Waals surface area contributed by atoms with E-state index in [0.717, 1.165) is 12.0 Å². The van der Waals surface area contributed by atoms with Crippen molar-refractivity contribution in [3.8, 4) is 0 Å². The zero-order chi connectivity index (χ0) is 28.7. The number of benzene rings is 2. The number of carbonyl (C=O) groups is 3. The largest absolute Gasteiger partial charge is 0.394 e. The van der Waals surface area contributed by atoms with E-state index >= 15 is 0 Å². The number of aliphatic hydroxyl groups is 1. The summed E-state index contributed by atoms with van der Waals surface area (Å²) in [6.45, 7) is 2.95. The van der Waals surface area contributed by atoms with E-state index in [0.29, 0.717) is 30.2 Å². The summed E-state index contributed by atoms with van der Waals surface area (Å²) in [5.41, 5.74) is 0.208. The Labute approximate surface area is 244 Å². The molecular formula is C32H34ClN3O5. The van der Waals surface area contributed by atoms with E-state index in [4.69, 9.17) is 16.3 Å². The summed E-state index contributed by atoms with van der Waals surface area (Å²) in [5, 5.41) is 11.2. The number of likely N-dealkylation sites (tertiary alicyclic amines) is 1. The molecule has 2 aromatic carbocycles. The SMILES string of the molecule is CCCN1CC=C[C@@H]2O[C@]34C=CCN(c5ccc(Cl)cc5)C(=O)C3N([C@@H](CO)Cc3ccccc3)C(=O)[C@@H]4[C@@H]2C1=O. The van der Waals surface area contributed by atoms with Crippen molar-refractivity contribution in [1.82, 2.24) is 9.80 Å². The van der Waals surface area contributed by atoms with Crippen molar-refractivity contribution in [1.29, 1.82) is 0 Å². The lowest BCUT2D eigenvalue weighted by Crippen LogP contribution is -2.58. The van der Waals surface area contributed by atoms with E-state index in [9.17, 15) is 19.5 Å². The minimum Gasteiger partial charge on any atom is -0.394 e. The molecule has 9 heteroatoms. The number of hydrogen-bond donors (Lipinski definition) is 1. The first-order valence-electron chi connectivity index (χ1n) is 14.2. The highest BCUT2D eigenvalue weighted by molar-refractivity contribution is 6.30. The molecule has 41 heavy (non-hydrogen) atoms. The van der Waals surface area contributed by atoms with E-state index in [2.05, 4.69) is 0 Å². The van der Waals surface area contributed by atoms with Crippen LogP contribution in [0.25, 0.3) is 0 Å². The Bertz CT molecular complexity index is 1380. The first-order valence-corrected chi connectivity index (χ1v) is 14.6. The molecule has 6 rings (SSSR count). The van der Waals surface area contributed by atoms with Crippen molar-refractivity contribution in [2.75, 3.05) is 31.1 Å². The van der Waals surface area contributed by atoms with Crippen LogP contribution in [0.3, 0.4) is 0 Å². The number of hydrogen-bond acceptors (Lipinski definition) is 5. The second-order valence-corrected chi connectivity index (χ2v) is 11.6. The highest BCUT2D eigenvalue weighted by Crippen LogP contribution is 2.54. The van der Waals surface area contributed by atoms with Crippen molar-refractivity contribution in [3.63, 3.8) is 0 Å². The Kier molecular flexibility index (Phi) is 7.49. The smallest absolute Gasteiger partial charge is 0.253 e. The minimum absolute atomic E-state index is 0.138. The molecule has 0 saturated carbocycles. The van der Waals surface area contributed by atoms with Gasteiger partial charge in [-0.1, -0.05) is 73.2 Å². The summed E-state index contributed by atoms with van der Waals surface area (Å²) < 4.78 is 6.72. The number of anilines is 1. The van der Waals surface area contributed by atoms with Crippen LogP contribution in [0.5, 0.6) is 0 Å². The summed E-state index contributed by atoms with van der Waals surface area (Å²) in [5.74, 6) is -2.47. The van der Waals surface area contributed by atoms with E-state index in [1.54, 1.807) is 34.1 Å². The fourth-order valence-corrected chi connectivity index (χ4v) is 7.11. The molecule has 4 aliphatic heterocycles. The molecule has 1 N–H and O–H groups in total. The maximum atomic E-state index is 14.6. The molecule has 0 bridgehead atoms. The number of carbonyl (C=O) groups excluding carboxylic acids is 3. The highest BCUT2D eigenvalue weighted by atomic mass is 35.5. The lowest BCUT2D eigenvalue weighted by molar-refractivity contribution is -0.146. The predicted molar refractivity (Wildman–Crippen MR) is 155 cm³/mol. The molecule has 0 radical (unpaired) electrons. The van der Waals surface area contributed by atoms with E-state index in [-0.39, 0.29) is 30.9 Å². The van der Waals surface area contributed by atoms with Gasteiger partial charge in [0.15, 0.2) is 0 Å². The van der Waals surface area contributed by atoms with Crippen molar-refractivity contribution in [2.24, 2.45) is 11.8 Å². The molecule has 1 unspecified atom stereocenters. The monoisotopic (exact) mass is 575 g/mol. The molecular weight excluding hydrogens is 542 g/mol. The molecule has 8 nitrogen and oxygen atoms in total. The normalized spacial score (nSPS) is 29.7. The van der Waals surface area contributed by atoms with Gasteiger partial charge in [-0.3, -0.25) is 14.4 Å². The third-order valence-electron chi connectivity index (χ3n) is 8.73. The fraction of sp³-hybridized carbons (Fsp3) is 0.406. The molecule has 3 amide bonds. The highest BCUT2D eigenvalue weighted by Gasteiger charge is 2.72. The Balaban J connectivity index is 1.47. The van der Waals surface area contributed by atoms with Crippen LogP contribution < -0.4 is 4.90 Å². The number of aliphatic hydroxyl groups excluding tert-OH is 1. The zero-order valence-electron chi connectivity index (χ0n) is 22.9. The standard InChI is InChI=1S/C32H34ClN3O5/c1-2-16-34-17-6-10-25-26(29(34)38)27-30(39)36(24(20-37)19-21-8-4-3-5-9-21)28-31(40)35(18-7-15-32(27,28)41-25)23-13-11-22(33)12-14-23/h3-15,24-28,37H,2,16-20H2,1H3/t24-,25+,26-,27+,28?,32+/m1/s1. The number of rotatable bonds is 7. The topological polar surface area (TPSA) is 90.4 Å². The third kappa shape index (κ3) is 4.58. The van der Waals surface area contributed by atoms with Gasteiger partial charge < -0.3 is 24.5 Å². The number of ether oxygens (including phenoxy) is 1. The lowest BCUT2D eigenvalue weighted by atomic mass is 9.77. The van der Waals surface area contributed by atoms with Gasteiger partial charge >= 0.3 is 0 Å². The number of nitrogens with zero attached hydrogens (tertiary/aromatic N) is 3. The molecule has 6 atom stereocenters. The summed E-state index contributed by atoms with van der Waals surface area (Å²) in [7, 11) is 0. The number of halogens is 1. The molecule has 1 spiro atoms. The van der Waals surface area contributed by atoms with Crippen LogP contribution in [-0.2, 0) is 25.5 Å². The van der Waals surface area contributed by atoms with Crippen LogP contribution >= 0.6 is 11.6 Å². The van der Waals surface area contributed by atoms with Gasteiger partial charge in [-0.05, 0) is 42.7 Å². The van der Waals surface area contributed by atoms with Gasteiger partial charge in [-0.15, -0.1) is 0 Å². The maximum Gasteiger partial charge on any atom is 0.253 e. The van der Waals surface area contributed by atoms with Crippen molar-refractivity contribution in [2.45, 2.75) is 43.6 Å². The van der Waals surface area contributed by atoms with Gasteiger partial charge in [-0.25, -0.2) is 0 Å². The van der Waals surface area contributed by atoms with Crippen LogP contribution in [0.2, 0.25) is 5.02 Å². The van der Waals surface area contributed by atoms with Crippen molar-refractivity contribution >= 4 is 35.0 Å². The van der Waals surface area contributed by atoms with Gasteiger partial charge in [0.1, 0.15) is 11.6 Å². The molecule has 4 aliphatic rings.